The summed E-state index contributed by atoms with van der Waals surface area (Å²) in [5.41, 5.74) is 0.358. The van der Waals surface area contributed by atoms with Crippen molar-refractivity contribution in [3.8, 4) is 5.75 Å². The van der Waals surface area contributed by atoms with Crippen molar-refractivity contribution < 1.29 is 23.1 Å². The number of anilines is 1. The molecule has 29 heavy (non-hydrogen) atoms. The van der Waals surface area contributed by atoms with Gasteiger partial charge in [-0.2, -0.15) is 8.78 Å². The van der Waals surface area contributed by atoms with Gasteiger partial charge < -0.3 is 10.1 Å². The minimum Gasteiger partial charge on any atom is -0.434 e. The number of carbonyl (C=O) groups excluding carboxylic acids is 2. The molecular weight excluding hydrogens is 440 g/mol. The van der Waals surface area contributed by atoms with Crippen LogP contribution in [-0.4, -0.2) is 39.2 Å². The lowest BCUT2D eigenvalue weighted by Gasteiger charge is -2.13. The van der Waals surface area contributed by atoms with Gasteiger partial charge in [-0.05, 0) is 18.6 Å². The number of hydrogen-bond acceptors (Lipinski definition) is 7. The van der Waals surface area contributed by atoms with E-state index in [-0.39, 0.29) is 30.5 Å². The fourth-order valence-electron chi connectivity index (χ4n) is 2.50. The van der Waals surface area contributed by atoms with Crippen molar-refractivity contribution in [1.82, 2.24) is 9.88 Å². The zero-order valence-electron chi connectivity index (χ0n) is 14.8. The predicted octanol–water partition coefficient (Wildman–Crippen LogP) is 4.36. The van der Waals surface area contributed by atoms with Gasteiger partial charge in [0, 0.05) is 30.1 Å². The van der Waals surface area contributed by atoms with Gasteiger partial charge in [-0.25, -0.2) is 4.98 Å². The van der Waals surface area contributed by atoms with Crippen LogP contribution >= 0.6 is 35.3 Å². The Labute approximate surface area is 178 Å². The van der Waals surface area contributed by atoms with E-state index in [9.17, 15) is 18.4 Å². The molecule has 0 radical (unpaired) electrons. The first kappa shape index (κ1) is 21.3. The Morgan fingerprint density at radius 2 is 2.17 bits per heavy atom. The van der Waals surface area contributed by atoms with Gasteiger partial charge in [0.05, 0.1) is 4.91 Å². The average molecular weight is 456 g/mol. The normalized spacial score (nSPS) is 15.4. The molecule has 1 saturated heterocycles. The second-order valence-electron chi connectivity index (χ2n) is 5.74. The van der Waals surface area contributed by atoms with Crippen LogP contribution in [0.1, 0.15) is 18.4 Å². The largest absolute Gasteiger partial charge is 0.434 e. The van der Waals surface area contributed by atoms with E-state index >= 15 is 0 Å². The molecule has 0 spiro atoms. The number of ether oxygens (including phenoxy) is 1. The molecule has 6 nitrogen and oxygen atoms in total. The number of benzene rings is 1. The van der Waals surface area contributed by atoms with Gasteiger partial charge in [-0.1, -0.05) is 42.2 Å². The number of halogens is 2. The lowest BCUT2D eigenvalue weighted by molar-refractivity contribution is -0.122. The van der Waals surface area contributed by atoms with Crippen LogP contribution in [0, 0.1) is 0 Å². The van der Waals surface area contributed by atoms with Crippen LogP contribution < -0.4 is 10.1 Å². The number of carbonyl (C=O) groups is 2. The highest BCUT2D eigenvalue weighted by Gasteiger charge is 2.32. The van der Waals surface area contributed by atoms with Crippen molar-refractivity contribution in [3.63, 3.8) is 0 Å². The van der Waals surface area contributed by atoms with E-state index < -0.39 is 6.61 Å². The van der Waals surface area contributed by atoms with E-state index in [1.54, 1.807) is 29.8 Å². The Morgan fingerprint density at radius 1 is 1.38 bits per heavy atom. The van der Waals surface area contributed by atoms with Crippen LogP contribution in [0.25, 0.3) is 6.08 Å². The Kier molecular flexibility index (Phi) is 7.29. The number of aromatic nitrogens is 1. The molecule has 2 amide bonds. The molecule has 3 rings (SSSR count). The average Bonchev–Trinajstić information content (AvgIpc) is 3.26. The van der Waals surface area contributed by atoms with Crippen LogP contribution in [0.5, 0.6) is 5.75 Å². The molecule has 2 aromatic rings. The molecule has 0 aliphatic carbocycles. The number of para-hydroxylation sites is 1. The summed E-state index contributed by atoms with van der Waals surface area (Å²) in [7, 11) is 0. The summed E-state index contributed by atoms with van der Waals surface area (Å²) in [5, 5.41) is 4.95. The van der Waals surface area contributed by atoms with Crippen molar-refractivity contribution >= 4 is 62.7 Å². The van der Waals surface area contributed by atoms with Gasteiger partial charge in [-0.15, -0.1) is 11.3 Å². The maximum atomic E-state index is 12.6. The molecule has 1 aromatic carbocycles. The predicted molar refractivity (Wildman–Crippen MR) is 113 cm³/mol. The Morgan fingerprint density at radius 3 is 2.90 bits per heavy atom. The van der Waals surface area contributed by atoms with Crippen molar-refractivity contribution in [2.24, 2.45) is 0 Å². The molecule has 1 N–H and O–H groups in total. The highest BCUT2D eigenvalue weighted by molar-refractivity contribution is 8.26. The minimum absolute atomic E-state index is 0.0216. The van der Waals surface area contributed by atoms with Crippen molar-refractivity contribution in [3.05, 3.63) is 46.3 Å². The Bertz CT molecular complexity index is 935. The number of nitrogens with one attached hydrogen (secondary N) is 1. The third kappa shape index (κ3) is 5.81. The fraction of sp³-hybridized carbons (Fsp3) is 0.222. The number of amides is 2. The van der Waals surface area contributed by atoms with Crippen LogP contribution in [0.2, 0.25) is 0 Å². The maximum Gasteiger partial charge on any atom is 0.387 e. The van der Waals surface area contributed by atoms with Crippen LogP contribution in [0.3, 0.4) is 0 Å². The second kappa shape index (κ2) is 9.90. The third-order valence-corrected chi connectivity index (χ3v) is 5.83. The number of alkyl halides is 2. The molecule has 1 aromatic heterocycles. The molecule has 0 bridgehead atoms. The number of rotatable bonds is 8. The molecule has 2 heterocycles. The molecular formula is C18H15F2N3O3S3. The number of thiocarbonyl (C=S) groups is 1. The summed E-state index contributed by atoms with van der Waals surface area (Å²) in [6.45, 7) is -2.68. The number of nitrogens with zero attached hydrogens (tertiary/aromatic N) is 2. The van der Waals surface area contributed by atoms with Gasteiger partial charge in [0.25, 0.3) is 5.91 Å². The zero-order chi connectivity index (χ0) is 20.8. The molecule has 11 heteroatoms. The molecule has 1 aliphatic rings. The van der Waals surface area contributed by atoms with Crippen molar-refractivity contribution in [2.75, 3.05) is 11.9 Å². The van der Waals surface area contributed by atoms with Crippen LogP contribution in [-0.2, 0) is 9.59 Å². The fourth-order valence-corrected chi connectivity index (χ4v) is 4.35. The summed E-state index contributed by atoms with van der Waals surface area (Å²) in [5.74, 6) is -0.544. The lowest BCUT2D eigenvalue weighted by atomic mass is 10.2. The van der Waals surface area contributed by atoms with Gasteiger partial charge in [0.1, 0.15) is 10.1 Å². The second-order valence-corrected chi connectivity index (χ2v) is 8.31. The first-order valence-electron chi connectivity index (χ1n) is 8.42. The SMILES string of the molecule is O=C(CCCN1C(=O)/C(=C/c2ccccc2OC(F)F)SC1=S)Nc1nccs1. The molecule has 1 fully saturated rings. The summed E-state index contributed by atoms with van der Waals surface area (Å²) in [4.78, 5) is 30.2. The number of thioether (sulfide) groups is 1. The highest BCUT2D eigenvalue weighted by atomic mass is 32.2. The quantitative estimate of drug-likeness (QED) is 0.471. The van der Waals surface area contributed by atoms with E-state index in [0.717, 1.165) is 11.8 Å². The molecule has 0 saturated carbocycles. The lowest BCUT2D eigenvalue weighted by Crippen LogP contribution is -2.29. The van der Waals surface area contributed by atoms with Crippen molar-refractivity contribution in [2.45, 2.75) is 19.5 Å². The van der Waals surface area contributed by atoms with Crippen LogP contribution in [0.4, 0.5) is 13.9 Å². The monoisotopic (exact) mass is 455 g/mol. The highest BCUT2D eigenvalue weighted by Crippen LogP contribution is 2.34. The standard InChI is InChI=1S/C18H15F2N3O3S3/c19-16(20)26-12-5-2-1-4-11(12)10-13-15(25)23(18(27)29-13)8-3-6-14(24)22-17-21-7-9-28-17/h1-2,4-5,7,9-10,16H,3,6,8H2,(H,21,22,24)/b13-10-. The molecule has 0 unspecified atom stereocenters. The number of thiazole rings is 1. The molecule has 152 valence electrons. The van der Waals surface area contributed by atoms with E-state index in [4.69, 9.17) is 12.2 Å². The van der Waals surface area contributed by atoms with E-state index in [0.29, 0.717) is 26.3 Å². The summed E-state index contributed by atoms with van der Waals surface area (Å²) >= 11 is 7.66. The topological polar surface area (TPSA) is 71.5 Å². The summed E-state index contributed by atoms with van der Waals surface area (Å²) in [6, 6.07) is 6.20. The van der Waals surface area contributed by atoms with E-state index in [1.165, 1.54) is 28.4 Å². The minimum atomic E-state index is -2.96. The smallest absolute Gasteiger partial charge is 0.387 e. The van der Waals surface area contributed by atoms with Gasteiger partial charge in [-0.3, -0.25) is 14.5 Å². The van der Waals surface area contributed by atoms with Gasteiger partial charge >= 0.3 is 6.61 Å². The summed E-state index contributed by atoms with van der Waals surface area (Å²) < 4.78 is 30.0. The first-order valence-corrected chi connectivity index (χ1v) is 10.5. The van der Waals surface area contributed by atoms with Crippen molar-refractivity contribution in [1.29, 1.82) is 0 Å². The zero-order valence-corrected chi connectivity index (χ0v) is 17.3. The van der Waals surface area contributed by atoms with E-state index in [2.05, 4.69) is 15.0 Å². The third-order valence-electron chi connectivity index (χ3n) is 3.76. The molecule has 0 atom stereocenters. The first-order chi connectivity index (χ1) is 13.9. The summed E-state index contributed by atoms with van der Waals surface area (Å²) in [6.07, 6.45) is 3.70. The Hall–Kier alpha value is -2.37. The van der Waals surface area contributed by atoms with Gasteiger partial charge in [0.2, 0.25) is 5.91 Å². The van der Waals surface area contributed by atoms with E-state index in [1.807, 2.05) is 0 Å². The van der Waals surface area contributed by atoms with Crippen LogP contribution in [0.15, 0.2) is 40.7 Å². The maximum absolute atomic E-state index is 12.6. The number of hydrogen-bond donors (Lipinski definition) is 1. The Balaban J connectivity index is 1.60. The molecule has 1 aliphatic heterocycles. The van der Waals surface area contributed by atoms with Gasteiger partial charge in [0.15, 0.2) is 5.13 Å².